The summed E-state index contributed by atoms with van der Waals surface area (Å²) in [6.07, 6.45) is 0. The van der Waals surface area contributed by atoms with Gasteiger partial charge in [-0.3, -0.25) is 9.82 Å². The molecule has 0 spiro atoms. The summed E-state index contributed by atoms with van der Waals surface area (Å²) >= 11 is 0. The number of hydrogen-bond donors (Lipinski definition) is 3. The Balaban J connectivity index is 2.46. The molecule has 1 aromatic carbocycles. The molecule has 0 unspecified atom stereocenters. The SMILES string of the molecule is Cc1n[nH]c(C)c1NS(=O)(=O)c1cc(CO)ccc1F. The van der Waals surface area contributed by atoms with E-state index in [1.54, 1.807) is 13.8 Å². The van der Waals surface area contributed by atoms with Gasteiger partial charge in [-0.2, -0.15) is 5.10 Å². The number of aromatic amines is 1. The van der Waals surface area contributed by atoms with Gasteiger partial charge >= 0.3 is 0 Å². The molecule has 8 heteroatoms. The number of hydrogen-bond acceptors (Lipinski definition) is 4. The highest BCUT2D eigenvalue weighted by atomic mass is 32.2. The fourth-order valence-corrected chi connectivity index (χ4v) is 3.05. The van der Waals surface area contributed by atoms with Gasteiger partial charge in [-0.05, 0) is 31.5 Å². The highest BCUT2D eigenvalue weighted by Gasteiger charge is 2.22. The quantitative estimate of drug-likeness (QED) is 0.796. The number of nitrogens with zero attached hydrogens (tertiary/aromatic N) is 1. The zero-order valence-electron chi connectivity index (χ0n) is 10.9. The van der Waals surface area contributed by atoms with E-state index in [0.717, 1.165) is 12.1 Å². The molecule has 0 radical (unpaired) electrons. The lowest BCUT2D eigenvalue weighted by molar-refractivity contribution is 0.281. The van der Waals surface area contributed by atoms with Crippen molar-refractivity contribution in [3.8, 4) is 0 Å². The molecule has 0 bridgehead atoms. The number of sulfonamides is 1. The second kappa shape index (κ2) is 5.22. The molecule has 0 saturated carbocycles. The van der Waals surface area contributed by atoms with E-state index >= 15 is 0 Å². The van der Waals surface area contributed by atoms with Gasteiger partial charge in [0.2, 0.25) is 0 Å². The number of H-pyrrole nitrogens is 1. The average Bonchev–Trinajstić information content (AvgIpc) is 2.70. The molecule has 20 heavy (non-hydrogen) atoms. The van der Waals surface area contributed by atoms with E-state index in [1.165, 1.54) is 6.07 Å². The molecule has 2 aromatic rings. The Morgan fingerprint density at radius 1 is 1.40 bits per heavy atom. The number of nitrogens with one attached hydrogen (secondary N) is 2. The molecule has 2 rings (SSSR count). The minimum absolute atomic E-state index is 0.291. The standard InChI is InChI=1S/C12H14FN3O3S/c1-7-12(8(2)15-14-7)16-20(18,19)11-5-9(6-17)3-4-10(11)13/h3-5,16-17H,6H2,1-2H3,(H,14,15). The average molecular weight is 299 g/mol. The Hall–Kier alpha value is -1.93. The molecular formula is C12H14FN3O3S. The molecule has 108 valence electrons. The van der Waals surface area contributed by atoms with Crippen LogP contribution in [0.4, 0.5) is 10.1 Å². The van der Waals surface area contributed by atoms with Crippen molar-refractivity contribution >= 4 is 15.7 Å². The van der Waals surface area contributed by atoms with Crippen molar-refractivity contribution in [3.63, 3.8) is 0 Å². The van der Waals surface area contributed by atoms with Gasteiger partial charge in [0.25, 0.3) is 10.0 Å². The molecule has 3 N–H and O–H groups in total. The predicted molar refractivity (Wildman–Crippen MR) is 71.2 cm³/mol. The van der Waals surface area contributed by atoms with Gasteiger partial charge in [-0.15, -0.1) is 0 Å². The van der Waals surface area contributed by atoms with Crippen molar-refractivity contribution in [2.24, 2.45) is 0 Å². The summed E-state index contributed by atoms with van der Waals surface area (Å²) < 4.78 is 40.4. The van der Waals surface area contributed by atoms with Crippen LogP contribution in [0.1, 0.15) is 17.0 Å². The van der Waals surface area contributed by atoms with Crippen LogP contribution in [0.25, 0.3) is 0 Å². The maximum Gasteiger partial charge on any atom is 0.264 e. The van der Waals surface area contributed by atoms with Crippen molar-refractivity contribution in [1.82, 2.24) is 10.2 Å². The summed E-state index contributed by atoms with van der Waals surface area (Å²) in [7, 11) is -4.09. The lowest BCUT2D eigenvalue weighted by Crippen LogP contribution is -2.16. The lowest BCUT2D eigenvalue weighted by Gasteiger charge is -2.10. The van der Waals surface area contributed by atoms with Crippen LogP contribution in [-0.4, -0.2) is 23.7 Å². The Morgan fingerprint density at radius 3 is 2.65 bits per heavy atom. The number of aromatic nitrogens is 2. The van der Waals surface area contributed by atoms with Crippen LogP contribution in [0.15, 0.2) is 23.1 Å². The summed E-state index contributed by atoms with van der Waals surface area (Å²) in [6, 6.07) is 3.43. The first-order valence-electron chi connectivity index (χ1n) is 5.79. The van der Waals surface area contributed by atoms with E-state index < -0.39 is 20.7 Å². The largest absolute Gasteiger partial charge is 0.392 e. The first kappa shape index (κ1) is 14.5. The number of anilines is 1. The van der Waals surface area contributed by atoms with Crippen LogP contribution < -0.4 is 4.72 Å². The van der Waals surface area contributed by atoms with Gasteiger partial charge in [0, 0.05) is 0 Å². The van der Waals surface area contributed by atoms with Gasteiger partial charge in [-0.1, -0.05) is 6.07 Å². The van der Waals surface area contributed by atoms with Crippen LogP contribution in [0.3, 0.4) is 0 Å². The normalized spacial score (nSPS) is 11.6. The predicted octanol–water partition coefficient (Wildman–Crippen LogP) is 1.46. The zero-order valence-corrected chi connectivity index (χ0v) is 11.8. The van der Waals surface area contributed by atoms with Gasteiger partial charge in [-0.25, -0.2) is 12.8 Å². The van der Waals surface area contributed by atoms with Crippen LogP contribution in [0.5, 0.6) is 0 Å². The van der Waals surface area contributed by atoms with Crippen molar-refractivity contribution in [1.29, 1.82) is 0 Å². The van der Waals surface area contributed by atoms with E-state index in [9.17, 15) is 12.8 Å². The summed E-state index contributed by atoms with van der Waals surface area (Å²) in [5.41, 5.74) is 1.60. The number of aliphatic hydroxyl groups excluding tert-OH is 1. The second-order valence-corrected chi connectivity index (χ2v) is 5.99. The number of aryl methyl sites for hydroxylation is 2. The number of rotatable bonds is 4. The van der Waals surface area contributed by atoms with Crippen LogP contribution in [0, 0.1) is 19.7 Å². The molecule has 1 heterocycles. The molecule has 0 fully saturated rings. The van der Waals surface area contributed by atoms with Crippen molar-refractivity contribution in [2.45, 2.75) is 25.3 Å². The third kappa shape index (κ3) is 2.66. The molecule has 0 saturated heterocycles. The van der Waals surface area contributed by atoms with Crippen molar-refractivity contribution < 1.29 is 17.9 Å². The van der Waals surface area contributed by atoms with Crippen LogP contribution >= 0.6 is 0 Å². The summed E-state index contributed by atoms with van der Waals surface area (Å²) in [6.45, 7) is 2.91. The molecule has 0 aliphatic rings. The topological polar surface area (TPSA) is 95.1 Å². The fraction of sp³-hybridized carbons (Fsp3) is 0.250. The maximum absolute atomic E-state index is 13.7. The zero-order chi connectivity index (χ0) is 14.9. The third-order valence-corrected chi connectivity index (χ3v) is 4.20. The van der Waals surface area contributed by atoms with E-state index in [0.29, 0.717) is 22.6 Å². The van der Waals surface area contributed by atoms with E-state index in [-0.39, 0.29) is 6.61 Å². The van der Waals surface area contributed by atoms with Gasteiger partial charge in [0.1, 0.15) is 10.7 Å². The Morgan fingerprint density at radius 2 is 2.10 bits per heavy atom. The lowest BCUT2D eigenvalue weighted by atomic mass is 10.2. The highest BCUT2D eigenvalue weighted by Crippen LogP contribution is 2.23. The number of halogens is 1. The number of benzene rings is 1. The highest BCUT2D eigenvalue weighted by molar-refractivity contribution is 7.92. The molecule has 0 amide bonds. The Kier molecular flexibility index (Phi) is 3.78. The molecule has 6 nitrogen and oxygen atoms in total. The first-order chi connectivity index (χ1) is 9.35. The molecule has 0 atom stereocenters. The number of aliphatic hydroxyl groups is 1. The van der Waals surface area contributed by atoms with E-state index in [2.05, 4.69) is 14.9 Å². The van der Waals surface area contributed by atoms with E-state index in [4.69, 9.17) is 5.11 Å². The van der Waals surface area contributed by atoms with Crippen LogP contribution in [0.2, 0.25) is 0 Å². The maximum atomic E-state index is 13.7. The monoisotopic (exact) mass is 299 g/mol. The first-order valence-corrected chi connectivity index (χ1v) is 7.27. The molecule has 1 aromatic heterocycles. The molecule has 0 aliphatic heterocycles. The minimum Gasteiger partial charge on any atom is -0.392 e. The smallest absolute Gasteiger partial charge is 0.264 e. The van der Waals surface area contributed by atoms with Crippen molar-refractivity contribution in [2.75, 3.05) is 4.72 Å². The minimum atomic E-state index is -4.09. The molecule has 0 aliphatic carbocycles. The Labute approximate surface area is 115 Å². The van der Waals surface area contributed by atoms with Gasteiger partial charge in [0.15, 0.2) is 0 Å². The fourth-order valence-electron chi connectivity index (χ4n) is 1.74. The van der Waals surface area contributed by atoms with E-state index in [1.807, 2.05) is 0 Å². The van der Waals surface area contributed by atoms with Gasteiger partial charge < -0.3 is 5.11 Å². The second-order valence-electron chi connectivity index (χ2n) is 4.34. The van der Waals surface area contributed by atoms with Crippen LogP contribution in [-0.2, 0) is 16.6 Å². The van der Waals surface area contributed by atoms with Gasteiger partial charge in [0.05, 0.1) is 23.7 Å². The summed E-state index contributed by atoms with van der Waals surface area (Å²) in [4.78, 5) is -0.510. The summed E-state index contributed by atoms with van der Waals surface area (Å²) in [5.74, 6) is -0.881. The third-order valence-electron chi connectivity index (χ3n) is 2.83. The molecular weight excluding hydrogens is 285 g/mol. The van der Waals surface area contributed by atoms with Crippen molar-refractivity contribution in [3.05, 3.63) is 41.0 Å². The Bertz CT molecular complexity index is 721. The summed E-state index contributed by atoms with van der Waals surface area (Å²) in [5, 5.41) is 15.5.